The molecule has 4 heteroatoms. The summed E-state index contributed by atoms with van der Waals surface area (Å²) >= 11 is 3.87. The van der Waals surface area contributed by atoms with Crippen molar-refractivity contribution in [3.8, 4) is 0 Å². The zero-order valence-corrected chi connectivity index (χ0v) is 7.67. The largest absolute Gasteiger partial charge is 0.447 e. The Balaban J connectivity index is 3.68. The molecule has 0 aliphatic heterocycles. The summed E-state index contributed by atoms with van der Waals surface area (Å²) in [6.07, 6.45) is 0. The third-order valence-corrected chi connectivity index (χ3v) is 2.05. The summed E-state index contributed by atoms with van der Waals surface area (Å²) in [5, 5.41) is 0. The van der Waals surface area contributed by atoms with E-state index in [1.807, 2.05) is 0 Å². The Kier molecular flexibility index (Phi) is 4.64. The third kappa shape index (κ3) is 3.85. The van der Waals surface area contributed by atoms with Crippen LogP contribution in [0.25, 0.3) is 0 Å². The van der Waals surface area contributed by atoms with E-state index in [-0.39, 0.29) is 11.4 Å². The smallest absolute Gasteiger partial charge is 0.334 e. The predicted octanol–water partition coefficient (Wildman–Crippen LogP) is 2.03. The van der Waals surface area contributed by atoms with Crippen LogP contribution in [0.15, 0.2) is 12.2 Å². The van der Waals surface area contributed by atoms with E-state index in [4.69, 9.17) is 4.74 Å². The van der Waals surface area contributed by atoms with Crippen LogP contribution in [0.3, 0.4) is 0 Å². The summed E-state index contributed by atoms with van der Waals surface area (Å²) < 4.78 is 4.81. The topological polar surface area (TPSA) is 26.3 Å². The first kappa shape index (κ1) is 9.91. The number of hydrogen-bond acceptors (Lipinski definition) is 4. The fraction of sp³-hybridized carbons (Fsp3) is 0.500. The van der Waals surface area contributed by atoms with Crippen LogP contribution >= 0.6 is 22.5 Å². The Bertz CT molecular complexity index is 145. The van der Waals surface area contributed by atoms with Gasteiger partial charge in [-0.3, -0.25) is 0 Å². The SMILES string of the molecule is C=C(C)C(=O)OC(C)SS. The Labute approximate surface area is 69.8 Å². The molecule has 1 atom stereocenters. The third-order valence-electron chi connectivity index (χ3n) is 0.770. The van der Waals surface area contributed by atoms with Crippen LogP contribution in [-0.2, 0) is 9.53 Å². The maximum atomic E-state index is 10.7. The highest BCUT2D eigenvalue weighted by atomic mass is 33.1. The van der Waals surface area contributed by atoms with E-state index in [0.717, 1.165) is 0 Å². The van der Waals surface area contributed by atoms with Crippen molar-refractivity contribution in [2.45, 2.75) is 19.3 Å². The van der Waals surface area contributed by atoms with Gasteiger partial charge in [0.2, 0.25) is 0 Å². The Morgan fingerprint density at radius 2 is 2.30 bits per heavy atom. The van der Waals surface area contributed by atoms with Gasteiger partial charge in [-0.15, -0.1) is 11.7 Å². The van der Waals surface area contributed by atoms with Crippen molar-refractivity contribution in [1.82, 2.24) is 0 Å². The lowest BCUT2D eigenvalue weighted by atomic mass is 10.4. The lowest BCUT2D eigenvalue weighted by Crippen LogP contribution is -2.10. The van der Waals surface area contributed by atoms with Crippen LogP contribution in [0.5, 0.6) is 0 Å². The van der Waals surface area contributed by atoms with Gasteiger partial charge in [0.25, 0.3) is 0 Å². The second-order valence-electron chi connectivity index (χ2n) is 1.86. The van der Waals surface area contributed by atoms with E-state index >= 15 is 0 Å². The molecule has 0 aromatic heterocycles. The Morgan fingerprint density at radius 1 is 1.80 bits per heavy atom. The van der Waals surface area contributed by atoms with E-state index < -0.39 is 0 Å². The van der Waals surface area contributed by atoms with Gasteiger partial charge in [-0.1, -0.05) is 17.4 Å². The number of hydrogen-bond donors (Lipinski definition) is 1. The molecule has 0 rings (SSSR count). The molecule has 2 nitrogen and oxygen atoms in total. The van der Waals surface area contributed by atoms with Gasteiger partial charge in [0.05, 0.1) is 0 Å². The monoisotopic (exact) mass is 178 g/mol. The van der Waals surface area contributed by atoms with E-state index in [1.54, 1.807) is 13.8 Å². The molecule has 0 aliphatic carbocycles. The molecule has 0 aromatic rings. The fourth-order valence-corrected chi connectivity index (χ4v) is 0.532. The number of carbonyl (C=O) groups is 1. The molecule has 0 aromatic carbocycles. The van der Waals surface area contributed by atoms with Crippen LogP contribution in [0, 0.1) is 0 Å². The second kappa shape index (κ2) is 4.68. The summed E-state index contributed by atoms with van der Waals surface area (Å²) in [4.78, 5) is 10.7. The van der Waals surface area contributed by atoms with Crippen molar-refractivity contribution in [3.63, 3.8) is 0 Å². The van der Waals surface area contributed by atoms with Crippen LogP contribution in [0.1, 0.15) is 13.8 Å². The molecule has 0 N–H and O–H groups in total. The maximum Gasteiger partial charge on any atom is 0.334 e. The summed E-state index contributed by atoms with van der Waals surface area (Å²) in [5.41, 5.74) is 0.196. The number of ether oxygens (including phenoxy) is 1. The van der Waals surface area contributed by atoms with Crippen molar-refractivity contribution in [2.75, 3.05) is 0 Å². The summed E-state index contributed by atoms with van der Waals surface area (Å²) in [7, 11) is 1.18. The van der Waals surface area contributed by atoms with Crippen molar-refractivity contribution in [1.29, 1.82) is 0 Å². The van der Waals surface area contributed by atoms with Crippen molar-refractivity contribution in [3.05, 3.63) is 12.2 Å². The quantitative estimate of drug-likeness (QED) is 0.235. The molecular formula is C6H10O2S2. The van der Waals surface area contributed by atoms with E-state index in [0.29, 0.717) is 5.57 Å². The number of thiol groups is 1. The standard InChI is InChI=1S/C6H10O2S2/c1-4(2)6(7)8-5(3)10-9/h5,9H,1H2,2-3H3. The maximum absolute atomic E-state index is 10.7. The van der Waals surface area contributed by atoms with E-state index in [1.165, 1.54) is 10.8 Å². The average molecular weight is 178 g/mol. The van der Waals surface area contributed by atoms with Gasteiger partial charge in [0.15, 0.2) is 5.44 Å². The van der Waals surface area contributed by atoms with Gasteiger partial charge < -0.3 is 4.74 Å². The molecule has 0 radical (unpaired) electrons. The van der Waals surface area contributed by atoms with E-state index in [9.17, 15) is 4.79 Å². The molecule has 0 aliphatic rings. The molecule has 0 amide bonds. The number of rotatable bonds is 3. The van der Waals surface area contributed by atoms with Crippen LogP contribution in [0.4, 0.5) is 0 Å². The molecule has 1 unspecified atom stereocenters. The van der Waals surface area contributed by atoms with Crippen LogP contribution in [0.2, 0.25) is 0 Å². The molecular weight excluding hydrogens is 168 g/mol. The van der Waals surface area contributed by atoms with Gasteiger partial charge in [-0.2, -0.15) is 0 Å². The van der Waals surface area contributed by atoms with Crippen molar-refractivity contribution in [2.24, 2.45) is 0 Å². The summed E-state index contributed by atoms with van der Waals surface area (Å²) in [6.45, 7) is 6.79. The minimum Gasteiger partial charge on any atom is -0.447 e. The highest BCUT2D eigenvalue weighted by Gasteiger charge is 2.07. The van der Waals surface area contributed by atoms with E-state index in [2.05, 4.69) is 18.2 Å². The van der Waals surface area contributed by atoms with Gasteiger partial charge in [-0.25, -0.2) is 4.79 Å². The lowest BCUT2D eigenvalue weighted by molar-refractivity contribution is -0.139. The van der Waals surface area contributed by atoms with Crippen molar-refractivity contribution < 1.29 is 9.53 Å². The second-order valence-corrected chi connectivity index (χ2v) is 3.37. The molecule has 58 valence electrons. The molecule has 0 spiro atoms. The summed E-state index contributed by atoms with van der Waals surface area (Å²) in [5.74, 6) is -0.367. The molecule has 0 bridgehead atoms. The van der Waals surface area contributed by atoms with Gasteiger partial charge in [-0.05, 0) is 13.8 Å². The average Bonchev–Trinajstić information content (AvgIpc) is 1.87. The molecule has 0 saturated carbocycles. The Hall–Kier alpha value is -0.0900. The first-order chi connectivity index (χ1) is 4.57. The normalized spacial score (nSPS) is 12.3. The number of carbonyl (C=O) groups excluding carboxylic acids is 1. The highest BCUT2D eigenvalue weighted by molar-refractivity contribution is 8.68. The predicted molar refractivity (Wildman–Crippen MR) is 46.9 cm³/mol. The van der Waals surface area contributed by atoms with Crippen molar-refractivity contribution >= 4 is 28.4 Å². The first-order valence-electron chi connectivity index (χ1n) is 2.74. The lowest BCUT2D eigenvalue weighted by Gasteiger charge is -2.08. The molecule has 0 saturated heterocycles. The minimum absolute atomic E-state index is 0.215. The van der Waals surface area contributed by atoms with Gasteiger partial charge in [0, 0.05) is 5.57 Å². The minimum atomic E-state index is -0.367. The number of esters is 1. The summed E-state index contributed by atoms with van der Waals surface area (Å²) in [6, 6.07) is 0. The first-order valence-corrected chi connectivity index (χ1v) is 4.68. The zero-order chi connectivity index (χ0) is 8.15. The Morgan fingerprint density at radius 3 is 2.60 bits per heavy atom. The molecule has 0 fully saturated rings. The highest BCUT2D eigenvalue weighted by Crippen LogP contribution is 2.15. The zero-order valence-electron chi connectivity index (χ0n) is 5.96. The van der Waals surface area contributed by atoms with Gasteiger partial charge in [0.1, 0.15) is 0 Å². The molecule has 10 heavy (non-hydrogen) atoms. The van der Waals surface area contributed by atoms with Crippen LogP contribution < -0.4 is 0 Å². The van der Waals surface area contributed by atoms with Gasteiger partial charge >= 0.3 is 5.97 Å². The molecule has 0 heterocycles. The van der Waals surface area contributed by atoms with Crippen LogP contribution in [-0.4, -0.2) is 11.4 Å². The fourth-order valence-electron chi connectivity index (χ4n) is 0.273.